The number of hydrogen-bond donors (Lipinski definition) is 2. The minimum absolute atomic E-state index is 0.431. The van der Waals surface area contributed by atoms with Crippen molar-refractivity contribution in [2.45, 2.75) is 46.1 Å². The first-order valence-corrected chi connectivity index (χ1v) is 7.75. The Bertz CT molecular complexity index is 286. The maximum absolute atomic E-state index is 11.1. The summed E-state index contributed by atoms with van der Waals surface area (Å²) in [5.74, 6) is 0.638. The average Bonchev–Trinajstić information content (AvgIpc) is 1.98. The molecule has 2 N–H and O–H groups in total. The molecule has 16 heavy (non-hydrogen) atoms. The van der Waals surface area contributed by atoms with E-state index in [1.54, 1.807) is 0 Å². The number of sulfonamides is 1. The van der Waals surface area contributed by atoms with Gasteiger partial charge in [0.2, 0.25) is 10.0 Å². The van der Waals surface area contributed by atoms with Gasteiger partial charge in [-0.15, -0.1) is 0 Å². The van der Waals surface area contributed by atoms with Crippen LogP contribution in [0.5, 0.6) is 0 Å². The molecular formula is C11H26N2O2S. The fourth-order valence-electron chi connectivity index (χ4n) is 1.76. The molecule has 0 fully saturated rings. The van der Waals surface area contributed by atoms with Crippen LogP contribution in [0.3, 0.4) is 0 Å². The molecule has 0 aromatic carbocycles. The topological polar surface area (TPSA) is 58.2 Å². The van der Waals surface area contributed by atoms with Gasteiger partial charge in [0, 0.05) is 12.1 Å². The summed E-state index contributed by atoms with van der Waals surface area (Å²) in [6.07, 6.45) is 3.58. The molecule has 1 atom stereocenters. The zero-order chi connectivity index (χ0) is 12.8. The summed E-state index contributed by atoms with van der Waals surface area (Å²) in [5, 5.41) is 3.31. The first-order chi connectivity index (χ1) is 7.16. The quantitative estimate of drug-likeness (QED) is 0.683. The van der Waals surface area contributed by atoms with Gasteiger partial charge in [-0.3, -0.25) is 0 Å². The highest BCUT2D eigenvalue weighted by Crippen LogP contribution is 2.05. The first kappa shape index (κ1) is 15.9. The third kappa shape index (κ3) is 9.12. The van der Waals surface area contributed by atoms with Crippen molar-refractivity contribution in [1.29, 1.82) is 0 Å². The van der Waals surface area contributed by atoms with Crippen molar-refractivity contribution >= 4 is 10.0 Å². The van der Waals surface area contributed by atoms with Crippen LogP contribution in [0.4, 0.5) is 0 Å². The van der Waals surface area contributed by atoms with Gasteiger partial charge in [0.1, 0.15) is 0 Å². The fraction of sp³-hybridized carbons (Fsp3) is 1.00. The molecule has 0 bridgehead atoms. The Hall–Kier alpha value is -0.130. The summed E-state index contributed by atoms with van der Waals surface area (Å²) in [7, 11) is -3.13. The predicted octanol–water partition coefficient (Wildman–Crippen LogP) is 1.34. The van der Waals surface area contributed by atoms with E-state index in [0.717, 1.165) is 6.54 Å². The van der Waals surface area contributed by atoms with Crippen LogP contribution < -0.4 is 10.0 Å². The first-order valence-electron chi connectivity index (χ1n) is 5.86. The lowest BCUT2D eigenvalue weighted by Crippen LogP contribution is -2.50. The molecule has 4 nitrogen and oxygen atoms in total. The van der Waals surface area contributed by atoms with Gasteiger partial charge in [-0.05, 0) is 32.7 Å². The van der Waals surface area contributed by atoms with Gasteiger partial charge in [0.05, 0.1) is 6.26 Å². The van der Waals surface area contributed by atoms with E-state index in [1.165, 1.54) is 19.1 Å². The third-order valence-corrected chi connectivity index (χ3v) is 3.23. The van der Waals surface area contributed by atoms with Gasteiger partial charge in [0.15, 0.2) is 0 Å². The Morgan fingerprint density at radius 1 is 1.31 bits per heavy atom. The van der Waals surface area contributed by atoms with Crippen molar-refractivity contribution in [3.05, 3.63) is 0 Å². The van der Waals surface area contributed by atoms with Crippen LogP contribution in [-0.2, 0) is 10.0 Å². The zero-order valence-corrected chi connectivity index (χ0v) is 11.9. The third-order valence-electron chi connectivity index (χ3n) is 2.30. The Balaban J connectivity index is 3.91. The van der Waals surface area contributed by atoms with Crippen molar-refractivity contribution in [1.82, 2.24) is 10.0 Å². The zero-order valence-electron chi connectivity index (χ0n) is 11.1. The van der Waals surface area contributed by atoms with Crippen LogP contribution in [0.15, 0.2) is 0 Å². The van der Waals surface area contributed by atoms with Crippen LogP contribution in [0.2, 0.25) is 0 Å². The maximum Gasteiger partial charge on any atom is 0.209 e. The van der Waals surface area contributed by atoms with Crippen LogP contribution >= 0.6 is 0 Å². The smallest absolute Gasteiger partial charge is 0.209 e. The van der Waals surface area contributed by atoms with Gasteiger partial charge in [-0.25, -0.2) is 13.1 Å². The molecule has 0 aliphatic heterocycles. The van der Waals surface area contributed by atoms with E-state index >= 15 is 0 Å². The summed E-state index contributed by atoms with van der Waals surface area (Å²) in [4.78, 5) is 0. The molecule has 1 unspecified atom stereocenters. The summed E-state index contributed by atoms with van der Waals surface area (Å²) >= 11 is 0. The number of hydrogen-bond acceptors (Lipinski definition) is 3. The lowest BCUT2D eigenvalue weighted by atomic mass is 10.0. The van der Waals surface area contributed by atoms with Gasteiger partial charge in [-0.1, -0.05) is 20.3 Å². The van der Waals surface area contributed by atoms with Crippen molar-refractivity contribution in [2.75, 3.05) is 19.3 Å². The van der Waals surface area contributed by atoms with Crippen LogP contribution in [0, 0.1) is 5.92 Å². The Morgan fingerprint density at radius 3 is 2.31 bits per heavy atom. The average molecular weight is 250 g/mol. The molecule has 0 aliphatic carbocycles. The van der Waals surface area contributed by atoms with Crippen LogP contribution in [0.1, 0.15) is 40.5 Å². The molecule has 0 saturated heterocycles. The van der Waals surface area contributed by atoms with E-state index in [0.29, 0.717) is 12.5 Å². The highest BCUT2D eigenvalue weighted by atomic mass is 32.2. The molecule has 98 valence electrons. The van der Waals surface area contributed by atoms with Gasteiger partial charge in [-0.2, -0.15) is 0 Å². The minimum Gasteiger partial charge on any atom is -0.315 e. The van der Waals surface area contributed by atoms with Gasteiger partial charge < -0.3 is 5.32 Å². The van der Waals surface area contributed by atoms with Crippen LogP contribution in [0.25, 0.3) is 0 Å². The van der Waals surface area contributed by atoms with Crippen LogP contribution in [-0.4, -0.2) is 33.3 Å². The Morgan fingerprint density at radius 2 is 1.88 bits per heavy atom. The van der Waals surface area contributed by atoms with Crippen molar-refractivity contribution in [2.24, 2.45) is 5.92 Å². The predicted molar refractivity (Wildman–Crippen MR) is 69.0 cm³/mol. The van der Waals surface area contributed by atoms with E-state index in [4.69, 9.17) is 0 Å². The molecule has 0 saturated carbocycles. The second kappa shape index (κ2) is 6.57. The largest absolute Gasteiger partial charge is 0.315 e. The molecule has 5 heteroatoms. The highest BCUT2D eigenvalue weighted by molar-refractivity contribution is 7.88. The van der Waals surface area contributed by atoms with Gasteiger partial charge in [0.25, 0.3) is 0 Å². The van der Waals surface area contributed by atoms with E-state index < -0.39 is 15.6 Å². The second-order valence-corrected chi connectivity index (χ2v) is 7.03. The fourth-order valence-corrected chi connectivity index (χ4v) is 2.84. The van der Waals surface area contributed by atoms with Crippen molar-refractivity contribution < 1.29 is 8.42 Å². The molecule has 0 heterocycles. The normalized spacial score (nSPS) is 15.1. The SMILES string of the molecule is CCCC(C)CNCC(C)(C)NS(C)(=O)=O. The van der Waals surface area contributed by atoms with Crippen molar-refractivity contribution in [3.63, 3.8) is 0 Å². The van der Waals surface area contributed by atoms with E-state index in [-0.39, 0.29) is 0 Å². The monoisotopic (exact) mass is 250 g/mol. The summed E-state index contributed by atoms with van der Waals surface area (Å²) < 4.78 is 24.8. The Labute approximate surface area is 100 Å². The van der Waals surface area contributed by atoms with Gasteiger partial charge >= 0.3 is 0 Å². The second-order valence-electron chi connectivity index (χ2n) is 5.28. The van der Waals surface area contributed by atoms with E-state index in [2.05, 4.69) is 23.9 Å². The summed E-state index contributed by atoms with van der Waals surface area (Å²) in [5.41, 5.74) is -0.431. The number of rotatable bonds is 8. The summed E-state index contributed by atoms with van der Waals surface area (Å²) in [6.45, 7) is 9.72. The van der Waals surface area contributed by atoms with Crippen molar-refractivity contribution in [3.8, 4) is 0 Å². The molecule has 0 amide bonds. The lowest BCUT2D eigenvalue weighted by molar-refractivity contribution is 0.392. The lowest BCUT2D eigenvalue weighted by Gasteiger charge is -2.26. The highest BCUT2D eigenvalue weighted by Gasteiger charge is 2.21. The molecular weight excluding hydrogens is 224 g/mol. The standard InChI is InChI=1S/C11H26N2O2S/c1-6-7-10(2)8-12-9-11(3,4)13-16(5,14)15/h10,12-13H,6-9H2,1-5H3. The molecule has 0 aromatic rings. The maximum atomic E-state index is 11.1. The molecule has 0 rings (SSSR count). The van der Waals surface area contributed by atoms with E-state index in [9.17, 15) is 8.42 Å². The number of nitrogens with one attached hydrogen (secondary N) is 2. The molecule has 0 radical (unpaired) electrons. The molecule has 0 aromatic heterocycles. The van der Waals surface area contributed by atoms with E-state index in [1.807, 2.05) is 13.8 Å². The molecule has 0 aliphatic rings. The minimum atomic E-state index is -3.13. The Kier molecular flexibility index (Phi) is 6.51. The molecule has 0 spiro atoms. The summed E-state index contributed by atoms with van der Waals surface area (Å²) in [6, 6.07) is 0.